The molecule has 1 atom stereocenters. The van der Waals surface area contributed by atoms with Crippen LogP contribution in [0.4, 0.5) is 0 Å². The zero-order valence-corrected chi connectivity index (χ0v) is 39.4. The molecule has 1 unspecified atom stereocenters. The Bertz CT molecular complexity index is 1250. The quantitative estimate of drug-likeness (QED) is 0.0263. The minimum atomic E-state index is -0.802. The Hall–Kier alpha value is -3.67. The third-order valence-corrected chi connectivity index (χ3v) is 10.3. The number of hydrogen-bond donors (Lipinski definition) is 0. The Kier molecular flexibility index (Phi) is 46.0. The summed E-state index contributed by atoms with van der Waals surface area (Å²) in [7, 11) is 0. The molecule has 0 fully saturated rings. The number of unbranched alkanes of at least 4 members (excludes halogenated alkanes) is 22. The van der Waals surface area contributed by atoms with Crippen LogP contribution in [0.5, 0.6) is 0 Å². The SMILES string of the molecule is CC\C=C/C=C\C=C/C=C\C=C/CCCCCC(=O)OCC(COC(=O)CCCCCCC\C=C/C=C\C=C/CC)OC(=O)CCCCCCCCCCCCCCCCC. The van der Waals surface area contributed by atoms with Gasteiger partial charge in [0.2, 0.25) is 0 Å². The zero-order valence-electron chi connectivity index (χ0n) is 39.4. The molecular formula is C55H90O6. The van der Waals surface area contributed by atoms with Gasteiger partial charge in [0.25, 0.3) is 0 Å². The maximum atomic E-state index is 12.8. The number of rotatable bonds is 43. The fraction of sp³-hybridized carbons (Fsp3) is 0.655. The highest BCUT2D eigenvalue weighted by Crippen LogP contribution is 2.15. The lowest BCUT2D eigenvalue weighted by molar-refractivity contribution is -0.167. The summed E-state index contributed by atoms with van der Waals surface area (Å²) < 4.78 is 16.7. The molecule has 0 aliphatic rings. The van der Waals surface area contributed by atoms with E-state index in [4.69, 9.17) is 14.2 Å². The topological polar surface area (TPSA) is 78.9 Å². The second-order valence-corrected chi connectivity index (χ2v) is 16.2. The molecule has 0 aromatic rings. The van der Waals surface area contributed by atoms with Crippen molar-refractivity contribution in [3.05, 3.63) is 97.2 Å². The van der Waals surface area contributed by atoms with Crippen LogP contribution in [0.2, 0.25) is 0 Å². The predicted molar refractivity (Wildman–Crippen MR) is 260 cm³/mol. The molecule has 0 aromatic heterocycles. The highest BCUT2D eigenvalue weighted by molar-refractivity contribution is 5.71. The number of allylic oxidation sites excluding steroid dienone is 16. The largest absolute Gasteiger partial charge is 0.462 e. The molecule has 0 amide bonds. The van der Waals surface area contributed by atoms with Crippen molar-refractivity contribution < 1.29 is 28.6 Å². The molecule has 0 heterocycles. The molecule has 6 heteroatoms. The van der Waals surface area contributed by atoms with Crippen LogP contribution in [0.3, 0.4) is 0 Å². The van der Waals surface area contributed by atoms with E-state index in [1.54, 1.807) is 0 Å². The number of carbonyl (C=O) groups excluding carboxylic acids is 3. The van der Waals surface area contributed by atoms with E-state index in [0.29, 0.717) is 19.3 Å². The van der Waals surface area contributed by atoms with Gasteiger partial charge < -0.3 is 14.2 Å². The van der Waals surface area contributed by atoms with E-state index in [1.807, 2.05) is 48.6 Å². The summed E-state index contributed by atoms with van der Waals surface area (Å²) >= 11 is 0. The van der Waals surface area contributed by atoms with Crippen LogP contribution in [0.1, 0.15) is 213 Å². The second-order valence-electron chi connectivity index (χ2n) is 16.2. The molecule has 0 spiro atoms. The smallest absolute Gasteiger partial charge is 0.306 e. The summed E-state index contributed by atoms with van der Waals surface area (Å²) in [4.78, 5) is 37.9. The van der Waals surface area contributed by atoms with Crippen LogP contribution >= 0.6 is 0 Å². The number of ether oxygens (including phenoxy) is 3. The molecule has 0 rings (SSSR count). The average molecular weight is 847 g/mol. The molecule has 61 heavy (non-hydrogen) atoms. The Balaban J connectivity index is 4.49. The van der Waals surface area contributed by atoms with Gasteiger partial charge >= 0.3 is 17.9 Å². The molecule has 6 nitrogen and oxygen atoms in total. The van der Waals surface area contributed by atoms with Crippen molar-refractivity contribution in [2.45, 2.75) is 219 Å². The van der Waals surface area contributed by atoms with E-state index < -0.39 is 6.10 Å². The maximum absolute atomic E-state index is 12.8. The van der Waals surface area contributed by atoms with E-state index in [9.17, 15) is 14.4 Å². The van der Waals surface area contributed by atoms with Gasteiger partial charge in [-0.15, -0.1) is 0 Å². The molecule has 0 saturated heterocycles. The highest BCUT2D eigenvalue weighted by Gasteiger charge is 2.19. The summed E-state index contributed by atoms with van der Waals surface area (Å²) in [5, 5.41) is 0. The van der Waals surface area contributed by atoms with E-state index in [1.165, 1.54) is 77.0 Å². The second kappa shape index (κ2) is 49.0. The first-order valence-electron chi connectivity index (χ1n) is 24.8. The normalized spacial score (nSPS) is 12.9. The van der Waals surface area contributed by atoms with Crippen molar-refractivity contribution in [3.8, 4) is 0 Å². The van der Waals surface area contributed by atoms with Gasteiger partial charge in [-0.3, -0.25) is 14.4 Å². The minimum absolute atomic E-state index is 0.102. The fourth-order valence-electron chi connectivity index (χ4n) is 6.58. The molecular weight excluding hydrogens is 757 g/mol. The Morgan fingerprint density at radius 2 is 0.639 bits per heavy atom. The lowest BCUT2D eigenvalue weighted by Crippen LogP contribution is -2.30. The van der Waals surface area contributed by atoms with Crippen molar-refractivity contribution in [1.82, 2.24) is 0 Å². The van der Waals surface area contributed by atoms with Crippen LogP contribution in [0.25, 0.3) is 0 Å². The van der Waals surface area contributed by atoms with Crippen LogP contribution < -0.4 is 0 Å². The Labute approximate surface area is 375 Å². The summed E-state index contributed by atoms with van der Waals surface area (Å²) in [6, 6.07) is 0. The third-order valence-electron chi connectivity index (χ3n) is 10.3. The zero-order chi connectivity index (χ0) is 44.4. The molecule has 0 bridgehead atoms. The standard InChI is InChI=1S/C55H90O6/c1-4-7-10-13-16-19-22-25-27-30-33-36-39-42-45-48-54(57)60-51-52(50-59-53(56)47-44-41-38-35-32-29-24-21-18-15-12-9-6-3)61-55(58)49-46-43-40-37-34-31-28-26-23-20-17-14-11-8-5-2/h7,9-10,12-13,15-16,18-19,21-22,24-25,27,30,33,52H,4-6,8,11,14,17,20,23,26,28-29,31-32,34-51H2,1-3H3/b10-7-,12-9-,16-13-,18-15-,22-19-,24-21-,27-25-,33-30-. The predicted octanol–water partition coefficient (Wildman–Crippen LogP) is 16.2. The van der Waals surface area contributed by atoms with E-state index in [-0.39, 0.29) is 31.1 Å². The molecule has 0 saturated carbocycles. The maximum Gasteiger partial charge on any atom is 0.306 e. The highest BCUT2D eigenvalue weighted by atomic mass is 16.6. The molecule has 0 aromatic carbocycles. The van der Waals surface area contributed by atoms with Gasteiger partial charge in [0, 0.05) is 19.3 Å². The van der Waals surface area contributed by atoms with Crippen molar-refractivity contribution >= 4 is 17.9 Å². The van der Waals surface area contributed by atoms with Crippen LogP contribution in [0, 0.1) is 0 Å². The summed E-state index contributed by atoms with van der Waals surface area (Å²) in [5.74, 6) is -0.966. The lowest BCUT2D eigenvalue weighted by Gasteiger charge is -2.18. The van der Waals surface area contributed by atoms with Gasteiger partial charge in [0.05, 0.1) is 0 Å². The summed E-state index contributed by atoms with van der Waals surface area (Å²) in [6.07, 6.45) is 63.9. The van der Waals surface area contributed by atoms with Gasteiger partial charge in [-0.05, 0) is 57.8 Å². The summed E-state index contributed by atoms with van der Waals surface area (Å²) in [5.41, 5.74) is 0. The van der Waals surface area contributed by atoms with Crippen LogP contribution in [-0.4, -0.2) is 37.2 Å². The van der Waals surface area contributed by atoms with E-state index in [0.717, 1.165) is 96.3 Å². The first kappa shape index (κ1) is 57.3. The fourth-order valence-corrected chi connectivity index (χ4v) is 6.58. The monoisotopic (exact) mass is 847 g/mol. The average Bonchev–Trinajstić information content (AvgIpc) is 3.26. The van der Waals surface area contributed by atoms with Crippen molar-refractivity contribution in [3.63, 3.8) is 0 Å². The van der Waals surface area contributed by atoms with Crippen molar-refractivity contribution in [2.75, 3.05) is 13.2 Å². The van der Waals surface area contributed by atoms with Gasteiger partial charge in [0.1, 0.15) is 13.2 Å². The minimum Gasteiger partial charge on any atom is -0.462 e. The first-order valence-corrected chi connectivity index (χ1v) is 24.8. The van der Waals surface area contributed by atoms with E-state index >= 15 is 0 Å². The summed E-state index contributed by atoms with van der Waals surface area (Å²) in [6.45, 7) is 6.30. The molecule has 0 N–H and O–H groups in total. The van der Waals surface area contributed by atoms with Crippen molar-refractivity contribution in [1.29, 1.82) is 0 Å². The Morgan fingerprint density at radius 3 is 1.02 bits per heavy atom. The molecule has 0 aliphatic carbocycles. The molecule has 346 valence electrons. The van der Waals surface area contributed by atoms with Crippen LogP contribution in [-0.2, 0) is 28.6 Å². The van der Waals surface area contributed by atoms with E-state index in [2.05, 4.69) is 69.4 Å². The van der Waals surface area contributed by atoms with Gasteiger partial charge in [-0.1, -0.05) is 234 Å². The lowest BCUT2D eigenvalue weighted by atomic mass is 10.0. The molecule has 0 radical (unpaired) electrons. The van der Waals surface area contributed by atoms with Gasteiger partial charge in [-0.2, -0.15) is 0 Å². The van der Waals surface area contributed by atoms with Gasteiger partial charge in [0.15, 0.2) is 6.10 Å². The first-order chi connectivity index (χ1) is 30.0. The van der Waals surface area contributed by atoms with Crippen molar-refractivity contribution in [2.24, 2.45) is 0 Å². The van der Waals surface area contributed by atoms with Gasteiger partial charge in [-0.25, -0.2) is 0 Å². The number of carbonyl (C=O) groups is 3. The Morgan fingerprint density at radius 1 is 0.344 bits per heavy atom. The van der Waals surface area contributed by atoms with Crippen LogP contribution in [0.15, 0.2) is 97.2 Å². The number of hydrogen-bond acceptors (Lipinski definition) is 6. The molecule has 0 aliphatic heterocycles. The number of esters is 3. The third kappa shape index (κ3) is 47.2.